The van der Waals surface area contributed by atoms with Crippen LogP contribution >= 0.6 is 11.6 Å². The fourth-order valence-electron chi connectivity index (χ4n) is 1.44. The molecular weight excluding hydrogens is 212 g/mol. The van der Waals surface area contributed by atoms with Crippen molar-refractivity contribution in [3.63, 3.8) is 0 Å². The van der Waals surface area contributed by atoms with Gasteiger partial charge < -0.3 is 9.97 Å². The molecule has 2 aromatic rings. The van der Waals surface area contributed by atoms with Gasteiger partial charge in [0.25, 0.3) is 0 Å². The molecule has 0 saturated carbocycles. The first kappa shape index (κ1) is 10.1. The number of imidazole rings is 1. The largest absolute Gasteiger partial charge is 0.323 e. The molecule has 0 aliphatic heterocycles. The third kappa shape index (κ3) is 2.30. The van der Waals surface area contributed by atoms with Crippen molar-refractivity contribution in [3.05, 3.63) is 40.3 Å². The molecule has 78 valence electrons. The number of H-pyrrole nitrogens is 2. The van der Waals surface area contributed by atoms with Gasteiger partial charge in [0.1, 0.15) is 0 Å². The Bertz CT molecular complexity index is 539. The van der Waals surface area contributed by atoms with Crippen LogP contribution in [0.1, 0.15) is 12.0 Å². The minimum Gasteiger partial charge on any atom is -0.306 e. The van der Waals surface area contributed by atoms with Gasteiger partial charge in [-0.25, -0.2) is 4.79 Å². The molecule has 15 heavy (non-hydrogen) atoms. The Balaban J connectivity index is 2.34. The van der Waals surface area contributed by atoms with E-state index in [2.05, 4.69) is 9.97 Å². The molecule has 4 heteroatoms. The molecule has 2 rings (SSSR count). The van der Waals surface area contributed by atoms with Crippen LogP contribution in [0.3, 0.4) is 0 Å². The molecule has 0 aliphatic rings. The Kier molecular flexibility index (Phi) is 2.92. The van der Waals surface area contributed by atoms with Gasteiger partial charge in [-0.2, -0.15) is 0 Å². The highest BCUT2D eigenvalue weighted by atomic mass is 35.5. The number of rotatable bonds is 3. The molecule has 1 aromatic carbocycles. The Morgan fingerprint density at radius 2 is 2.07 bits per heavy atom. The van der Waals surface area contributed by atoms with Crippen LogP contribution in [-0.2, 0) is 0 Å². The number of aromatic nitrogens is 2. The summed E-state index contributed by atoms with van der Waals surface area (Å²) in [7, 11) is 0. The molecule has 0 unspecified atom stereocenters. The predicted molar refractivity (Wildman–Crippen MR) is 63.3 cm³/mol. The Morgan fingerprint density at radius 1 is 1.27 bits per heavy atom. The molecule has 0 atom stereocenters. The highest BCUT2D eigenvalue weighted by Crippen LogP contribution is 2.11. The third-order valence-electron chi connectivity index (χ3n) is 2.13. The van der Waals surface area contributed by atoms with E-state index in [4.69, 9.17) is 11.6 Å². The summed E-state index contributed by atoms with van der Waals surface area (Å²) in [6.07, 6.45) is 4.86. The zero-order valence-electron chi connectivity index (χ0n) is 8.09. The van der Waals surface area contributed by atoms with E-state index >= 15 is 0 Å². The standard InChI is InChI=1S/C11H11ClN2O/c12-6-2-1-3-8-4-5-9-10(7-8)14-11(15)13-9/h1,3-5,7H,2,6H2,(H2,13,14,15). The molecule has 1 heterocycles. The number of aromatic amines is 2. The molecule has 0 amide bonds. The molecule has 0 radical (unpaired) electrons. The van der Waals surface area contributed by atoms with Crippen molar-refractivity contribution in [1.82, 2.24) is 9.97 Å². The summed E-state index contributed by atoms with van der Waals surface area (Å²) in [5.41, 5.74) is 2.54. The van der Waals surface area contributed by atoms with Crippen molar-refractivity contribution in [2.45, 2.75) is 6.42 Å². The van der Waals surface area contributed by atoms with Gasteiger partial charge in [0.05, 0.1) is 11.0 Å². The van der Waals surface area contributed by atoms with Crippen LogP contribution in [0.25, 0.3) is 17.1 Å². The maximum Gasteiger partial charge on any atom is 0.323 e. The predicted octanol–water partition coefficient (Wildman–Crippen LogP) is 2.50. The van der Waals surface area contributed by atoms with E-state index < -0.39 is 0 Å². The van der Waals surface area contributed by atoms with Gasteiger partial charge in [0, 0.05) is 5.88 Å². The van der Waals surface area contributed by atoms with Gasteiger partial charge in [-0.05, 0) is 24.1 Å². The number of benzene rings is 1. The molecule has 3 nitrogen and oxygen atoms in total. The lowest BCUT2D eigenvalue weighted by molar-refractivity contribution is 1.21. The monoisotopic (exact) mass is 222 g/mol. The van der Waals surface area contributed by atoms with E-state index in [0.717, 1.165) is 23.0 Å². The number of hydrogen-bond donors (Lipinski definition) is 2. The van der Waals surface area contributed by atoms with E-state index in [1.807, 2.05) is 30.4 Å². The summed E-state index contributed by atoms with van der Waals surface area (Å²) in [5, 5.41) is 0. The van der Waals surface area contributed by atoms with Gasteiger partial charge in [-0.3, -0.25) is 0 Å². The zero-order chi connectivity index (χ0) is 10.7. The maximum absolute atomic E-state index is 11.0. The lowest BCUT2D eigenvalue weighted by Crippen LogP contribution is -1.99. The van der Waals surface area contributed by atoms with E-state index in [-0.39, 0.29) is 5.69 Å². The van der Waals surface area contributed by atoms with Crippen LogP contribution in [0.5, 0.6) is 0 Å². The Hall–Kier alpha value is -1.48. The first-order valence-corrected chi connectivity index (χ1v) is 5.27. The van der Waals surface area contributed by atoms with Crippen molar-refractivity contribution < 1.29 is 0 Å². The summed E-state index contributed by atoms with van der Waals surface area (Å²) < 4.78 is 0. The zero-order valence-corrected chi connectivity index (χ0v) is 8.84. The quantitative estimate of drug-likeness (QED) is 0.771. The number of halogens is 1. The summed E-state index contributed by atoms with van der Waals surface area (Å²) in [6.45, 7) is 0. The van der Waals surface area contributed by atoms with E-state index in [0.29, 0.717) is 5.88 Å². The van der Waals surface area contributed by atoms with Gasteiger partial charge in [-0.15, -0.1) is 11.6 Å². The van der Waals surface area contributed by atoms with Gasteiger partial charge in [-0.1, -0.05) is 18.2 Å². The lowest BCUT2D eigenvalue weighted by atomic mass is 10.2. The SMILES string of the molecule is O=c1[nH]c2ccc(C=CCCCl)cc2[nH]1. The molecule has 0 fully saturated rings. The van der Waals surface area contributed by atoms with Crippen LogP contribution in [0.4, 0.5) is 0 Å². The highest BCUT2D eigenvalue weighted by molar-refractivity contribution is 6.17. The molecule has 0 bridgehead atoms. The minimum atomic E-state index is -0.174. The summed E-state index contributed by atoms with van der Waals surface area (Å²) in [5.74, 6) is 0.625. The summed E-state index contributed by atoms with van der Waals surface area (Å²) in [4.78, 5) is 16.4. The molecule has 2 N–H and O–H groups in total. The lowest BCUT2D eigenvalue weighted by Gasteiger charge is -1.93. The van der Waals surface area contributed by atoms with Crippen molar-refractivity contribution in [3.8, 4) is 0 Å². The highest BCUT2D eigenvalue weighted by Gasteiger charge is 1.97. The van der Waals surface area contributed by atoms with E-state index in [9.17, 15) is 4.79 Å². The second-order valence-corrected chi connectivity index (χ2v) is 3.64. The average molecular weight is 223 g/mol. The number of hydrogen-bond acceptors (Lipinski definition) is 1. The van der Waals surface area contributed by atoms with Crippen molar-refractivity contribution >= 4 is 28.7 Å². The Labute approximate surface area is 91.8 Å². The first-order chi connectivity index (χ1) is 7.29. The first-order valence-electron chi connectivity index (χ1n) is 4.74. The second-order valence-electron chi connectivity index (χ2n) is 3.26. The molecule has 1 aromatic heterocycles. The number of allylic oxidation sites excluding steroid dienone is 1. The Morgan fingerprint density at radius 3 is 2.87 bits per heavy atom. The number of alkyl halides is 1. The molecule has 0 spiro atoms. The minimum absolute atomic E-state index is 0.174. The van der Waals surface area contributed by atoms with E-state index in [1.165, 1.54) is 0 Å². The normalized spacial score (nSPS) is 11.5. The maximum atomic E-state index is 11.0. The molecule has 0 aliphatic carbocycles. The van der Waals surface area contributed by atoms with Crippen LogP contribution in [0.2, 0.25) is 0 Å². The van der Waals surface area contributed by atoms with Crippen LogP contribution in [0.15, 0.2) is 29.1 Å². The molecule has 0 saturated heterocycles. The molecular formula is C11H11ClN2O. The van der Waals surface area contributed by atoms with Crippen LogP contribution in [0, 0.1) is 0 Å². The fourth-order valence-corrected chi connectivity index (χ4v) is 1.56. The summed E-state index contributed by atoms with van der Waals surface area (Å²) >= 11 is 5.56. The van der Waals surface area contributed by atoms with Gasteiger partial charge >= 0.3 is 5.69 Å². The van der Waals surface area contributed by atoms with Gasteiger partial charge in [0.2, 0.25) is 0 Å². The van der Waals surface area contributed by atoms with Crippen LogP contribution < -0.4 is 5.69 Å². The average Bonchev–Trinajstić information content (AvgIpc) is 2.57. The fraction of sp³-hybridized carbons (Fsp3) is 0.182. The van der Waals surface area contributed by atoms with Crippen LogP contribution in [-0.4, -0.2) is 15.8 Å². The number of nitrogens with one attached hydrogen (secondary N) is 2. The third-order valence-corrected chi connectivity index (χ3v) is 2.34. The van der Waals surface area contributed by atoms with Crippen molar-refractivity contribution in [1.29, 1.82) is 0 Å². The topological polar surface area (TPSA) is 48.6 Å². The number of fused-ring (bicyclic) bond motifs is 1. The van der Waals surface area contributed by atoms with Gasteiger partial charge in [0.15, 0.2) is 0 Å². The van der Waals surface area contributed by atoms with Crippen molar-refractivity contribution in [2.75, 3.05) is 5.88 Å². The second kappa shape index (κ2) is 4.36. The van der Waals surface area contributed by atoms with Crippen molar-refractivity contribution in [2.24, 2.45) is 0 Å². The smallest absolute Gasteiger partial charge is 0.306 e. The summed E-state index contributed by atoms with van der Waals surface area (Å²) in [6, 6.07) is 5.77. The van der Waals surface area contributed by atoms with E-state index in [1.54, 1.807) is 0 Å².